The Labute approximate surface area is 329 Å². The van der Waals surface area contributed by atoms with Gasteiger partial charge in [0, 0.05) is 63.2 Å². The first kappa shape index (κ1) is 42.5. The summed E-state index contributed by atoms with van der Waals surface area (Å²) < 4.78 is 44.5. The van der Waals surface area contributed by atoms with Gasteiger partial charge in [-0.3, -0.25) is 19.2 Å². The van der Waals surface area contributed by atoms with E-state index in [0.717, 1.165) is 69.3 Å². The Morgan fingerprint density at radius 2 is 1.93 bits per heavy atom. The number of hydrogen-bond acceptors (Lipinski definition) is 9. The predicted octanol–water partition coefficient (Wildman–Crippen LogP) is 6.56. The predicted molar refractivity (Wildman–Crippen MR) is 211 cm³/mol. The molecule has 2 heterocycles. The number of halogens is 3. The first-order valence-electron chi connectivity index (χ1n) is 19.3. The van der Waals surface area contributed by atoms with E-state index in [1.54, 1.807) is 27.1 Å². The average Bonchev–Trinajstić information content (AvgIpc) is 3.28. The van der Waals surface area contributed by atoms with E-state index in [9.17, 15) is 23.5 Å². The molecule has 5 unspecified atom stereocenters. The summed E-state index contributed by atoms with van der Waals surface area (Å²) in [6, 6.07) is 11.6. The van der Waals surface area contributed by atoms with Crippen LogP contribution in [0.3, 0.4) is 0 Å². The lowest BCUT2D eigenvalue weighted by Crippen LogP contribution is -2.57. The van der Waals surface area contributed by atoms with Crippen LogP contribution < -0.4 is 14.4 Å². The molecule has 0 spiro atoms. The number of benzene rings is 2. The second-order valence-corrected chi connectivity index (χ2v) is 17.0. The van der Waals surface area contributed by atoms with Gasteiger partial charge in [-0.25, -0.2) is 13.1 Å². The Balaban J connectivity index is 1.37. The smallest absolute Gasteiger partial charge is 0.272 e. The van der Waals surface area contributed by atoms with Gasteiger partial charge < -0.3 is 24.4 Å². The first-order valence-corrected chi connectivity index (χ1v) is 20.5. The van der Waals surface area contributed by atoms with Crippen molar-refractivity contribution in [1.82, 2.24) is 18.8 Å². The van der Waals surface area contributed by atoms with Gasteiger partial charge in [0.05, 0.1) is 38.1 Å². The molecule has 5 rings (SSSR count). The number of rotatable bonds is 19. The standard InChI is InChI=1S/C40H58ClF2N5O5S/c1-6-9-28-20-32(41)13-15-33(28)31-23-48(35-21-29(12-16-37(35)53-24-31)38(50)39(51)44-54-45(3)4)22-30-11-14-34(30)36(10-7-8-17-46(5)27(2)49)52-19-18-47-25-40(42,43)26-47/h12-13,15-16,20-21,30-31,34,36,38,50H,6-11,14,17-19,22-26H2,1-5H3,(H,44,51). The molecule has 1 aliphatic carbocycles. The second kappa shape index (κ2) is 19.5. The third-order valence-electron chi connectivity index (χ3n) is 11.0. The Morgan fingerprint density at radius 1 is 1.15 bits per heavy atom. The number of fused-ring (bicyclic) bond motifs is 1. The number of aliphatic hydroxyl groups excluding tert-OH is 1. The minimum Gasteiger partial charge on any atom is -0.491 e. The van der Waals surface area contributed by atoms with Crippen molar-refractivity contribution < 1.29 is 33.0 Å². The van der Waals surface area contributed by atoms with E-state index < -0.39 is 17.9 Å². The molecule has 1 saturated heterocycles. The average molecular weight is 794 g/mol. The fourth-order valence-corrected chi connectivity index (χ4v) is 8.39. The summed E-state index contributed by atoms with van der Waals surface area (Å²) in [5.41, 5.74) is 3.73. The van der Waals surface area contributed by atoms with Crippen LogP contribution in [-0.2, 0) is 20.7 Å². The van der Waals surface area contributed by atoms with E-state index in [2.05, 4.69) is 28.7 Å². The number of carbonyl (C=O) groups excluding carboxylic acids is 2. The fourth-order valence-electron chi connectivity index (χ4n) is 7.81. The van der Waals surface area contributed by atoms with E-state index in [-0.39, 0.29) is 36.9 Å². The van der Waals surface area contributed by atoms with E-state index in [1.807, 2.05) is 39.3 Å². The highest BCUT2D eigenvalue weighted by atomic mass is 35.5. The summed E-state index contributed by atoms with van der Waals surface area (Å²) in [4.78, 5) is 30.5. The molecule has 2 N–H and O–H groups in total. The van der Waals surface area contributed by atoms with Crippen molar-refractivity contribution in [3.8, 4) is 5.75 Å². The zero-order valence-corrected chi connectivity index (χ0v) is 33.9. The minimum absolute atomic E-state index is 0.0369. The molecule has 3 aliphatic rings. The largest absolute Gasteiger partial charge is 0.491 e. The van der Waals surface area contributed by atoms with Gasteiger partial charge in [0.2, 0.25) is 5.91 Å². The van der Waals surface area contributed by atoms with Crippen LogP contribution in [0.25, 0.3) is 0 Å². The number of carbonyl (C=O) groups is 2. The third kappa shape index (κ3) is 11.4. The van der Waals surface area contributed by atoms with Gasteiger partial charge in [0.1, 0.15) is 5.75 Å². The molecule has 10 nitrogen and oxygen atoms in total. The minimum atomic E-state index is -2.61. The molecule has 300 valence electrons. The van der Waals surface area contributed by atoms with E-state index in [0.29, 0.717) is 55.1 Å². The van der Waals surface area contributed by atoms with Gasteiger partial charge in [-0.05, 0) is 105 Å². The molecule has 2 amide bonds. The molecule has 2 aromatic rings. The number of aliphatic hydroxyl groups is 1. The van der Waals surface area contributed by atoms with Crippen LogP contribution >= 0.6 is 23.7 Å². The maximum Gasteiger partial charge on any atom is 0.272 e. The summed E-state index contributed by atoms with van der Waals surface area (Å²) in [5.74, 6) is -1.77. The molecule has 2 aliphatic heterocycles. The normalized spacial score (nSPS) is 22.0. The van der Waals surface area contributed by atoms with Gasteiger partial charge >= 0.3 is 0 Å². The number of ether oxygens (including phenoxy) is 2. The second-order valence-electron chi connectivity index (χ2n) is 15.4. The molecule has 54 heavy (non-hydrogen) atoms. The highest BCUT2D eigenvalue weighted by molar-refractivity contribution is 7.95. The Bertz CT molecular complexity index is 1560. The van der Waals surface area contributed by atoms with Gasteiger partial charge in [-0.15, -0.1) is 0 Å². The first-order chi connectivity index (χ1) is 25.7. The van der Waals surface area contributed by atoms with E-state index >= 15 is 0 Å². The number of likely N-dealkylation sites (tertiary alicyclic amines) is 1. The van der Waals surface area contributed by atoms with Crippen LogP contribution in [0.5, 0.6) is 5.75 Å². The zero-order valence-electron chi connectivity index (χ0n) is 32.4. The topological polar surface area (TPSA) is 97.8 Å². The van der Waals surface area contributed by atoms with Crippen molar-refractivity contribution in [2.24, 2.45) is 11.8 Å². The number of unbranched alkanes of at least 4 members (excludes halogenated alkanes) is 1. The quantitative estimate of drug-likeness (QED) is 0.121. The Kier molecular flexibility index (Phi) is 15.3. The number of amides is 2. The molecule has 0 aromatic heterocycles. The highest BCUT2D eigenvalue weighted by Crippen LogP contribution is 2.44. The third-order valence-corrected chi connectivity index (χ3v) is 11.9. The van der Waals surface area contributed by atoms with Crippen LogP contribution in [0.2, 0.25) is 5.02 Å². The van der Waals surface area contributed by atoms with Gasteiger partial charge in [0.15, 0.2) is 6.10 Å². The number of aryl methyl sites for hydroxylation is 1. The van der Waals surface area contributed by atoms with Crippen LogP contribution in [0.1, 0.15) is 81.1 Å². The molecule has 2 fully saturated rings. The summed E-state index contributed by atoms with van der Waals surface area (Å²) in [5, 5.41) is 11.8. The molecule has 5 atom stereocenters. The van der Waals surface area contributed by atoms with Crippen LogP contribution in [-0.4, -0.2) is 117 Å². The number of nitrogens with zero attached hydrogens (tertiary/aromatic N) is 4. The molecular weight excluding hydrogens is 736 g/mol. The zero-order chi connectivity index (χ0) is 39.0. The Hall–Kier alpha value is -2.68. The van der Waals surface area contributed by atoms with Crippen molar-refractivity contribution >= 4 is 41.2 Å². The van der Waals surface area contributed by atoms with Crippen LogP contribution in [0.4, 0.5) is 14.5 Å². The lowest BCUT2D eigenvalue weighted by atomic mass is 9.69. The maximum atomic E-state index is 13.5. The van der Waals surface area contributed by atoms with Crippen molar-refractivity contribution in [1.29, 1.82) is 0 Å². The SMILES string of the molecule is CCCc1cc(Cl)ccc1C1COc2ccc(C(O)C(=O)NSN(C)C)cc2N(CC2CCC2C(CCCCN(C)C(C)=O)OCCN2CC(F)(F)C2)C1. The fraction of sp³-hybridized carbons (Fsp3) is 0.650. The van der Waals surface area contributed by atoms with E-state index in [1.165, 1.54) is 11.1 Å². The maximum absolute atomic E-state index is 13.5. The number of nitrogens with one attached hydrogen (secondary N) is 1. The van der Waals surface area contributed by atoms with Gasteiger partial charge in [0.25, 0.3) is 11.8 Å². The van der Waals surface area contributed by atoms with Crippen LogP contribution in [0.15, 0.2) is 36.4 Å². The van der Waals surface area contributed by atoms with Crippen molar-refractivity contribution in [2.45, 2.75) is 82.8 Å². The summed E-state index contributed by atoms with van der Waals surface area (Å²) >= 11 is 7.57. The molecule has 0 radical (unpaired) electrons. The van der Waals surface area contributed by atoms with E-state index in [4.69, 9.17) is 21.1 Å². The van der Waals surface area contributed by atoms with Crippen LogP contribution in [0, 0.1) is 11.8 Å². The highest BCUT2D eigenvalue weighted by Gasteiger charge is 2.44. The van der Waals surface area contributed by atoms with Crippen molar-refractivity contribution in [3.63, 3.8) is 0 Å². The summed E-state index contributed by atoms with van der Waals surface area (Å²) in [6.45, 7) is 6.69. The lowest BCUT2D eigenvalue weighted by Gasteiger charge is -2.45. The molecule has 0 bridgehead atoms. The number of hydrogen-bond donors (Lipinski definition) is 2. The van der Waals surface area contributed by atoms with Crippen molar-refractivity contribution in [2.75, 3.05) is 78.5 Å². The number of alkyl halides is 2. The molecular formula is C40H58ClF2N5O5S. The Morgan fingerprint density at radius 3 is 2.59 bits per heavy atom. The molecule has 2 aromatic carbocycles. The van der Waals surface area contributed by atoms with Gasteiger partial charge in [-0.1, -0.05) is 37.1 Å². The molecule has 1 saturated carbocycles. The van der Waals surface area contributed by atoms with Crippen molar-refractivity contribution in [3.05, 3.63) is 58.1 Å². The lowest BCUT2D eigenvalue weighted by molar-refractivity contribution is -0.140. The summed E-state index contributed by atoms with van der Waals surface area (Å²) in [7, 11) is 5.43. The summed E-state index contributed by atoms with van der Waals surface area (Å²) in [6.07, 6.45) is 5.08. The molecule has 14 heteroatoms. The number of anilines is 1. The monoisotopic (exact) mass is 793 g/mol. The van der Waals surface area contributed by atoms with Gasteiger partial charge in [-0.2, -0.15) is 0 Å².